The number of rotatable bonds is 6. The summed E-state index contributed by atoms with van der Waals surface area (Å²) in [5.41, 5.74) is 11.4. The first-order valence-corrected chi connectivity index (χ1v) is 10.3. The van der Waals surface area contributed by atoms with Crippen LogP contribution in [-0.2, 0) is 6.42 Å². The highest BCUT2D eigenvalue weighted by Gasteiger charge is 2.21. The van der Waals surface area contributed by atoms with E-state index in [1.165, 1.54) is 0 Å². The molecule has 5 nitrogen and oxygen atoms in total. The topological polar surface area (TPSA) is 71.3 Å². The fraction of sp³-hybridized carbons (Fsp3) is 0.292. The van der Waals surface area contributed by atoms with E-state index >= 15 is 0 Å². The summed E-state index contributed by atoms with van der Waals surface area (Å²) in [5.74, 6) is 1.62. The Hall–Kier alpha value is -3.21. The number of H-pyrrole nitrogens is 1. The SMILES string of the molecule is CCCN(CCC)c1cc(-c2cccc3c2Oc2ccc(N)cc2C3)[nH]c(=O)c1. The van der Waals surface area contributed by atoms with Gasteiger partial charge in [-0.25, -0.2) is 0 Å². The van der Waals surface area contributed by atoms with Crippen molar-refractivity contribution in [1.29, 1.82) is 0 Å². The Balaban J connectivity index is 1.77. The van der Waals surface area contributed by atoms with Crippen LogP contribution >= 0.6 is 0 Å². The van der Waals surface area contributed by atoms with E-state index in [4.69, 9.17) is 10.5 Å². The second-order valence-electron chi connectivity index (χ2n) is 7.54. The highest BCUT2D eigenvalue weighted by atomic mass is 16.5. The number of aromatic amines is 1. The molecule has 3 aromatic rings. The first-order valence-electron chi connectivity index (χ1n) is 10.3. The fourth-order valence-corrected chi connectivity index (χ4v) is 3.98. The van der Waals surface area contributed by atoms with Crippen LogP contribution in [0.3, 0.4) is 0 Å². The van der Waals surface area contributed by atoms with Crippen LogP contribution in [0.15, 0.2) is 53.3 Å². The van der Waals surface area contributed by atoms with E-state index in [9.17, 15) is 4.79 Å². The van der Waals surface area contributed by atoms with Gasteiger partial charge in [-0.05, 0) is 48.7 Å². The Kier molecular flexibility index (Phi) is 5.30. The van der Waals surface area contributed by atoms with Gasteiger partial charge in [0.25, 0.3) is 0 Å². The molecule has 5 heteroatoms. The molecule has 0 spiro atoms. The Labute approximate surface area is 171 Å². The van der Waals surface area contributed by atoms with E-state index in [1.807, 2.05) is 30.3 Å². The van der Waals surface area contributed by atoms with Gasteiger partial charge >= 0.3 is 0 Å². The highest BCUT2D eigenvalue weighted by Crippen LogP contribution is 2.42. The van der Waals surface area contributed by atoms with Gasteiger partial charge in [0.05, 0.1) is 5.69 Å². The molecule has 4 rings (SSSR count). The summed E-state index contributed by atoms with van der Waals surface area (Å²) >= 11 is 0. The molecule has 0 amide bonds. The van der Waals surface area contributed by atoms with Crippen molar-refractivity contribution in [2.45, 2.75) is 33.1 Å². The van der Waals surface area contributed by atoms with Crippen LogP contribution in [0.5, 0.6) is 11.5 Å². The monoisotopic (exact) mass is 389 g/mol. The fourth-order valence-electron chi connectivity index (χ4n) is 3.98. The molecule has 0 radical (unpaired) electrons. The molecule has 1 aliphatic rings. The summed E-state index contributed by atoms with van der Waals surface area (Å²) in [6.45, 7) is 6.16. The number of fused-ring (bicyclic) bond motifs is 2. The minimum atomic E-state index is -0.101. The lowest BCUT2D eigenvalue weighted by atomic mass is 9.96. The van der Waals surface area contributed by atoms with Crippen LogP contribution in [-0.4, -0.2) is 18.1 Å². The van der Waals surface area contributed by atoms with E-state index in [1.54, 1.807) is 6.07 Å². The number of nitrogens with two attached hydrogens (primary N) is 1. The van der Waals surface area contributed by atoms with Gasteiger partial charge in [-0.1, -0.05) is 26.0 Å². The molecule has 2 aromatic carbocycles. The Bertz CT molecular complexity index is 1080. The van der Waals surface area contributed by atoms with E-state index in [0.717, 1.165) is 77.6 Å². The lowest BCUT2D eigenvalue weighted by Gasteiger charge is -2.25. The third-order valence-electron chi connectivity index (χ3n) is 5.25. The normalized spacial score (nSPS) is 12.1. The van der Waals surface area contributed by atoms with Crippen molar-refractivity contribution in [3.63, 3.8) is 0 Å². The number of hydrogen-bond donors (Lipinski definition) is 2. The number of pyridine rings is 1. The zero-order valence-electron chi connectivity index (χ0n) is 17.0. The van der Waals surface area contributed by atoms with Gasteiger partial charge in [-0.15, -0.1) is 0 Å². The van der Waals surface area contributed by atoms with E-state index < -0.39 is 0 Å². The zero-order chi connectivity index (χ0) is 20.4. The summed E-state index contributed by atoms with van der Waals surface area (Å²) in [7, 11) is 0. The third-order valence-corrected chi connectivity index (χ3v) is 5.25. The number of hydrogen-bond acceptors (Lipinski definition) is 4. The highest BCUT2D eigenvalue weighted by molar-refractivity contribution is 5.74. The van der Waals surface area contributed by atoms with Crippen molar-refractivity contribution >= 4 is 11.4 Å². The number of aromatic nitrogens is 1. The van der Waals surface area contributed by atoms with Crippen LogP contribution < -0.4 is 20.9 Å². The largest absolute Gasteiger partial charge is 0.456 e. The number of ether oxygens (including phenoxy) is 1. The quantitative estimate of drug-likeness (QED) is 0.458. The van der Waals surface area contributed by atoms with Crippen LogP contribution in [0.1, 0.15) is 37.8 Å². The predicted octanol–water partition coefficient (Wildman–Crippen LogP) is 4.95. The van der Waals surface area contributed by atoms with Crippen molar-refractivity contribution in [3.05, 3.63) is 70.0 Å². The molecule has 2 heterocycles. The number of benzene rings is 2. The van der Waals surface area contributed by atoms with Gasteiger partial charge < -0.3 is 20.4 Å². The maximum absolute atomic E-state index is 12.5. The van der Waals surface area contributed by atoms with Crippen LogP contribution in [0.4, 0.5) is 11.4 Å². The lowest BCUT2D eigenvalue weighted by molar-refractivity contribution is 0.462. The van der Waals surface area contributed by atoms with Gasteiger partial charge in [0.15, 0.2) is 0 Å². The molecule has 29 heavy (non-hydrogen) atoms. The number of para-hydroxylation sites is 1. The second kappa shape index (κ2) is 8.03. The van der Waals surface area contributed by atoms with Crippen LogP contribution in [0, 0.1) is 0 Å². The van der Waals surface area contributed by atoms with Crippen molar-refractivity contribution in [2.75, 3.05) is 23.7 Å². The van der Waals surface area contributed by atoms with Gasteiger partial charge in [-0.3, -0.25) is 4.79 Å². The molecule has 0 fully saturated rings. The summed E-state index contributed by atoms with van der Waals surface area (Å²) in [5, 5.41) is 0. The number of nitrogen functional groups attached to an aromatic ring is 1. The first kappa shape index (κ1) is 19.1. The maximum Gasteiger partial charge on any atom is 0.250 e. The predicted molar refractivity (Wildman–Crippen MR) is 119 cm³/mol. The van der Waals surface area contributed by atoms with E-state index in [0.29, 0.717) is 0 Å². The second-order valence-corrected chi connectivity index (χ2v) is 7.54. The number of anilines is 2. The van der Waals surface area contributed by atoms with Gasteiger partial charge in [0.2, 0.25) is 5.56 Å². The summed E-state index contributed by atoms with van der Waals surface area (Å²) < 4.78 is 6.26. The third kappa shape index (κ3) is 3.86. The molecule has 0 atom stereocenters. The molecular formula is C24H27N3O2. The Morgan fingerprint density at radius 3 is 2.59 bits per heavy atom. The van der Waals surface area contributed by atoms with Crippen LogP contribution in [0.2, 0.25) is 0 Å². The average Bonchev–Trinajstić information content (AvgIpc) is 2.71. The molecule has 1 aliphatic heterocycles. The van der Waals surface area contributed by atoms with Gasteiger partial charge in [-0.2, -0.15) is 0 Å². The molecule has 0 unspecified atom stereocenters. The van der Waals surface area contributed by atoms with Crippen molar-refractivity contribution in [1.82, 2.24) is 4.98 Å². The average molecular weight is 389 g/mol. The Morgan fingerprint density at radius 2 is 1.83 bits per heavy atom. The zero-order valence-corrected chi connectivity index (χ0v) is 17.0. The molecule has 0 bridgehead atoms. The van der Waals surface area contributed by atoms with E-state index in [-0.39, 0.29) is 5.56 Å². The minimum absolute atomic E-state index is 0.101. The van der Waals surface area contributed by atoms with Crippen LogP contribution in [0.25, 0.3) is 11.3 Å². The smallest absolute Gasteiger partial charge is 0.250 e. The number of nitrogens with zero attached hydrogens (tertiary/aromatic N) is 1. The molecule has 0 saturated carbocycles. The van der Waals surface area contributed by atoms with Gasteiger partial charge in [0, 0.05) is 48.1 Å². The summed E-state index contributed by atoms with van der Waals surface area (Å²) in [4.78, 5) is 17.7. The summed E-state index contributed by atoms with van der Waals surface area (Å²) in [6, 6.07) is 15.5. The molecule has 0 saturated heterocycles. The standard InChI is InChI=1S/C24H27N3O2/c1-3-10-27(11-4-2)19-14-21(26-23(28)15-19)20-7-5-6-16-12-17-13-18(25)8-9-22(17)29-24(16)20/h5-9,13-15H,3-4,10-12,25H2,1-2H3,(H,26,28). The minimum Gasteiger partial charge on any atom is -0.456 e. The molecule has 3 N–H and O–H groups in total. The molecular weight excluding hydrogens is 362 g/mol. The summed E-state index contributed by atoms with van der Waals surface area (Å²) in [6.07, 6.45) is 2.82. The molecule has 1 aromatic heterocycles. The van der Waals surface area contributed by atoms with Crippen molar-refractivity contribution < 1.29 is 4.74 Å². The molecule has 0 aliphatic carbocycles. The molecule has 150 valence electrons. The van der Waals surface area contributed by atoms with Crippen molar-refractivity contribution in [2.24, 2.45) is 0 Å². The number of nitrogens with one attached hydrogen (secondary N) is 1. The van der Waals surface area contributed by atoms with Crippen molar-refractivity contribution in [3.8, 4) is 22.8 Å². The maximum atomic E-state index is 12.5. The Morgan fingerprint density at radius 1 is 1.03 bits per heavy atom. The lowest BCUT2D eigenvalue weighted by Crippen LogP contribution is -2.26. The first-order chi connectivity index (χ1) is 14.1. The van der Waals surface area contributed by atoms with E-state index in [2.05, 4.69) is 35.9 Å². The van der Waals surface area contributed by atoms with Gasteiger partial charge in [0.1, 0.15) is 11.5 Å².